The summed E-state index contributed by atoms with van der Waals surface area (Å²) in [4.78, 5) is 0. The van der Waals surface area contributed by atoms with Gasteiger partial charge in [-0.3, -0.25) is 0 Å². The Morgan fingerprint density at radius 3 is 2.71 bits per heavy atom. The molecule has 1 aromatic rings. The minimum Gasteiger partial charge on any atom is -0.497 e. The maximum absolute atomic E-state index is 5.41. The molecule has 0 spiro atoms. The van der Waals surface area contributed by atoms with Crippen LogP contribution < -0.4 is 4.74 Å². The molecule has 1 aromatic carbocycles. The molecular formula is C10H11BrO3. The van der Waals surface area contributed by atoms with Crippen LogP contribution in [-0.2, 0) is 9.47 Å². The number of hydrogen-bond donors (Lipinski definition) is 0. The van der Waals surface area contributed by atoms with Crippen molar-refractivity contribution in [1.29, 1.82) is 0 Å². The van der Waals surface area contributed by atoms with Gasteiger partial charge in [0.15, 0.2) is 6.29 Å². The summed E-state index contributed by atoms with van der Waals surface area (Å²) >= 11 is 3.45. The van der Waals surface area contributed by atoms with Gasteiger partial charge < -0.3 is 14.2 Å². The van der Waals surface area contributed by atoms with E-state index >= 15 is 0 Å². The lowest BCUT2D eigenvalue weighted by molar-refractivity contribution is -0.0447. The van der Waals surface area contributed by atoms with Crippen LogP contribution in [0.1, 0.15) is 11.9 Å². The molecule has 1 heterocycles. The summed E-state index contributed by atoms with van der Waals surface area (Å²) in [6.45, 7) is 1.29. The standard InChI is InChI=1S/C10H11BrO3/c1-12-7-2-3-9(11)8(6-7)10-13-4-5-14-10/h2-3,6,10H,4-5H2,1H3. The van der Waals surface area contributed by atoms with Crippen LogP contribution in [-0.4, -0.2) is 20.3 Å². The monoisotopic (exact) mass is 258 g/mol. The van der Waals surface area contributed by atoms with Crippen molar-refractivity contribution in [1.82, 2.24) is 0 Å². The zero-order valence-corrected chi connectivity index (χ0v) is 9.41. The lowest BCUT2D eigenvalue weighted by Crippen LogP contribution is -1.99. The van der Waals surface area contributed by atoms with Crippen LogP contribution in [0.25, 0.3) is 0 Å². The molecule has 3 nitrogen and oxygen atoms in total. The fraction of sp³-hybridized carbons (Fsp3) is 0.400. The van der Waals surface area contributed by atoms with Gasteiger partial charge in [-0.1, -0.05) is 15.9 Å². The first-order valence-electron chi connectivity index (χ1n) is 4.38. The average Bonchev–Trinajstić information content (AvgIpc) is 2.71. The molecule has 2 rings (SSSR count). The van der Waals surface area contributed by atoms with Crippen LogP contribution >= 0.6 is 15.9 Å². The normalized spacial score (nSPS) is 17.3. The first kappa shape index (κ1) is 9.96. The molecule has 1 saturated heterocycles. The van der Waals surface area contributed by atoms with Crippen LogP contribution in [0.5, 0.6) is 5.75 Å². The summed E-state index contributed by atoms with van der Waals surface area (Å²) in [6.07, 6.45) is -0.264. The molecule has 0 bridgehead atoms. The second-order valence-corrected chi connectivity index (χ2v) is 3.82. The van der Waals surface area contributed by atoms with E-state index in [2.05, 4.69) is 15.9 Å². The van der Waals surface area contributed by atoms with E-state index in [1.165, 1.54) is 0 Å². The van der Waals surface area contributed by atoms with Crippen LogP contribution in [0.15, 0.2) is 22.7 Å². The van der Waals surface area contributed by atoms with E-state index in [1.807, 2.05) is 18.2 Å². The van der Waals surface area contributed by atoms with Crippen molar-refractivity contribution in [2.75, 3.05) is 20.3 Å². The van der Waals surface area contributed by atoms with Crippen molar-refractivity contribution < 1.29 is 14.2 Å². The van der Waals surface area contributed by atoms with E-state index in [-0.39, 0.29) is 6.29 Å². The maximum Gasteiger partial charge on any atom is 0.185 e. The molecule has 1 aliphatic rings. The van der Waals surface area contributed by atoms with Crippen LogP contribution in [0.4, 0.5) is 0 Å². The molecule has 0 saturated carbocycles. The third kappa shape index (κ3) is 1.92. The van der Waals surface area contributed by atoms with Gasteiger partial charge in [-0.2, -0.15) is 0 Å². The molecular weight excluding hydrogens is 248 g/mol. The predicted molar refractivity (Wildman–Crippen MR) is 55.3 cm³/mol. The highest BCUT2D eigenvalue weighted by Gasteiger charge is 2.21. The Morgan fingerprint density at radius 2 is 2.07 bits per heavy atom. The van der Waals surface area contributed by atoms with Gasteiger partial charge in [0.2, 0.25) is 0 Å². The number of halogens is 1. The van der Waals surface area contributed by atoms with Crippen LogP contribution in [0.3, 0.4) is 0 Å². The van der Waals surface area contributed by atoms with E-state index in [0.717, 1.165) is 15.8 Å². The minimum absolute atomic E-state index is 0.264. The number of methoxy groups -OCH3 is 1. The molecule has 1 fully saturated rings. The van der Waals surface area contributed by atoms with Crippen molar-refractivity contribution in [3.8, 4) is 5.75 Å². The van der Waals surface area contributed by atoms with Crippen molar-refractivity contribution in [3.05, 3.63) is 28.2 Å². The zero-order chi connectivity index (χ0) is 9.97. The second-order valence-electron chi connectivity index (χ2n) is 2.96. The number of ether oxygens (including phenoxy) is 3. The Hall–Kier alpha value is -0.580. The Kier molecular flexibility index (Phi) is 3.05. The molecule has 0 atom stereocenters. The van der Waals surface area contributed by atoms with Gasteiger partial charge in [0.05, 0.1) is 20.3 Å². The molecule has 14 heavy (non-hydrogen) atoms. The van der Waals surface area contributed by atoms with Crippen molar-refractivity contribution in [2.45, 2.75) is 6.29 Å². The van der Waals surface area contributed by atoms with Crippen LogP contribution in [0, 0.1) is 0 Å². The summed E-state index contributed by atoms with van der Waals surface area (Å²) in [7, 11) is 1.64. The lowest BCUT2D eigenvalue weighted by atomic mass is 10.2. The summed E-state index contributed by atoms with van der Waals surface area (Å²) in [5.41, 5.74) is 0.974. The SMILES string of the molecule is COc1ccc(Br)c(C2OCCO2)c1. The van der Waals surface area contributed by atoms with Crippen molar-refractivity contribution in [2.24, 2.45) is 0 Å². The fourth-order valence-electron chi connectivity index (χ4n) is 1.37. The van der Waals surface area contributed by atoms with Crippen molar-refractivity contribution >= 4 is 15.9 Å². The van der Waals surface area contributed by atoms with E-state index in [4.69, 9.17) is 14.2 Å². The number of hydrogen-bond acceptors (Lipinski definition) is 3. The van der Waals surface area contributed by atoms with Gasteiger partial charge in [-0.25, -0.2) is 0 Å². The minimum atomic E-state index is -0.264. The Balaban J connectivity index is 2.29. The summed E-state index contributed by atoms with van der Waals surface area (Å²) < 4.78 is 16.9. The third-order valence-electron chi connectivity index (χ3n) is 2.08. The van der Waals surface area contributed by atoms with Crippen LogP contribution in [0.2, 0.25) is 0 Å². The van der Waals surface area contributed by atoms with Gasteiger partial charge in [-0.05, 0) is 18.2 Å². The number of rotatable bonds is 2. The zero-order valence-electron chi connectivity index (χ0n) is 7.83. The van der Waals surface area contributed by atoms with E-state index in [9.17, 15) is 0 Å². The van der Waals surface area contributed by atoms with E-state index in [1.54, 1.807) is 7.11 Å². The molecule has 0 amide bonds. The molecule has 0 N–H and O–H groups in total. The fourth-order valence-corrected chi connectivity index (χ4v) is 1.80. The van der Waals surface area contributed by atoms with Gasteiger partial charge in [0, 0.05) is 10.0 Å². The number of benzene rings is 1. The Bertz CT molecular complexity index is 321. The topological polar surface area (TPSA) is 27.7 Å². The summed E-state index contributed by atoms with van der Waals surface area (Å²) in [5, 5.41) is 0. The molecule has 76 valence electrons. The summed E-state index contributed by atoms with van der Waals surface area (Å²) in [6, 6.07) is 5.74. The van der Waals surface area contributed by atoms with E-state index in [0.29, 0.717) is 13.2 Å². The maximum atomic E-state index is 5.41. The first-order chi connectivity index (χ1) is 6.81. The molecule has 0 aliphatic carbocycles. The quantitative estimate of drug-likeness (QED) is 0.816. The van der Waals surface area contributed by atoms with Gasteiger partial charge in [0.1, 0.15) is 5.75 Å². The second kappa shape index (κ2) is 4.29. The molecule has 0 radical (unpaired) electrons. The largest absolute Gasteiger partial charge is 0.497 e. The first-order valence-corrected chi connectivity index (χ1v) is 5.17. The highest BCUT2D eigenvalue weighted by Crippen LogP contribution is 2.32. The Morgan fingerprint density at radius 1 is 1.36 bits per heavy atom. The summed E-state index contributed by atoms with van der Waals surface area (Å²) in [5.74, 6) is 0.808. The molecule has 1 aliphatic heterocycles. The average molecular weight is 259 g/mol. The predicted octanol–water partition coefficient (Wildman–Crippen LogP) is 2.50. The highest BCUT2D eigenvalue weighted by molar-refractivity contribution is 9.10. The third-order valence-corrected chi connectivity index (χ3v) is 2.80. The Labute approximate surface area is 91.1 Å². The van der Waals surface area contributed by atoms with E-state index < -0.39 is 0 Å². The molecule has 0 unspecified atom stereocenters. The van der Waals surface area contributed by atoms with Gasteiger partial charge in [0.25, 0.3) is 0 Å². The van der Waals surface area contributed by atoms with Gasteiger partial charge >= 0.3 is 0 Å². The molecule has 4 heteroatoms. The van der Waals surface area contributed by atoms with Gasteiger partial charge in [-0.15, -0.1) is 0 Å². The molecule has 0 aromatic heterocycles. The highest BCUT2D eigenvalue weighted by atomic mass is 79.9. The van der Waals surface area contributed by atoms with Crippen molar-refractivity contribution in [3.63, 3.8) is 0 Å². The smallest absolute Gasteiger partial charge is 0.185 e. The lowest BCUT2D eigenvalue weighted by Gasteiger charge is -2.12.